The summed E-state index contributed by atoms with van der Waals surface area (Å²) in [7, 11) is 0. The van der Waals surface area contributed by atoms with Crippen LogP contribution in [0.2, 0.25) is 0 Å². The smallest absolute Gasteiger partial charge is 0.252 e. The van der Waals surface area contributed by atoms with E-state index >= 15 is 0 Å². The lowest BCUT2D eigenvalue weighted by Crippen LogP contribution is -2.65. The zero-order valence-corrected chi connectivity index (χ0v) is 12.1. The van der Waals surface area contributed by atoms with Gasteiger partial charge in [-0.25, -0.2) is 0 Å². The Morgan fingerprint density at radius 2 is 2.10 bits per heavy atom. The van der Waals surface area contributed by atoms with Crippen LogP contribution in [0.25, 0.3) is 0 Å². The molecule has 1 heterocycles. The van der Waals surface area contributed by atoms with Crippen LogP contribution in [0.3, 0.4) is 0 Å². The summed E-state index contributed by atoms with van der Waals surface area (Å²) in [5, 5.41) is 2.77. The lowest BCUT2D eigenvalue weighted by molar-refractivity contribution is -0.135. The summed E-state index contributed by atoms with van der Waals surface area (Å²) in [5.41, 5.74) is -0.146. The summed E-state index contributed by atoms with van der Waals surface area (Å²) in [6.07, 6.45) is 0.555. The van der Waals surface area contributed by atoms with E-state index in [1.807, 2.05) is 32.0 Å². The van der Waals surface area contributed by atoms with Gasteiger partial charge in [0.2, 0.25) is 5.91 Å². The maximum Gasteiger partial charge on any atom is 0.252 e. The minimum Gasteiger partial charge on any atom is -0.494 e. The van der Waals surface area contributed by atoms with Crippen LogP contribution in [0.5, 0.6) is 5.75 Å². The minimum absolute atomic E-state index is 0.0456. The standard InChI is InChI=1S/C15H20N2O3/c1-4-15(3)14(19)17(10-13(18)16-15)11-7-6-8-12(9-11)20-5-2/h6-9H,4-5,10H2,1-3H3,(H,16,18). The van der Waals surface area contributed by atoms with Crippen molar-refractivity contribution in [3.05, 3.63) is 24.3 Å². The van der Waals surface area contributed by atoms with Gasteiger partial charge in [-0.15, -0.1) is 0 Å². The van der Waals surface area contributed by atoms with E-state index in [2.05, 4.69) is 5.32 Å². The fourth-order valence-electron chi connectivity index (χ4n) is 2.27. The number of piperazine rings is 1. The van der Waals surface area contributed by atoms with Crippen molar-refractivity contribution in [2.45, 2.75) is 32.7 Å². The predicted molar refractivity (Wildman–Crippen MR) is 76.8 cm³/mol. The van der Waals surface area contributed by atoms with Gasteiger partial charge in [0.1, 0.15) is 17.8 Å². The van der Waals surface area contributed by atoms with Crippen LogP contribution in [0, 0.1) is 0 Å². The monoisotopic (exact) mass is 276 g/mol. The SMILES string of the molecule is CCOc1cccc(N2CC(=O)NC(C)(CC)C2=O)c1. The van der Waals surface area contributed by atoms with Gasteiger partial charge in [0.25, 0.3) is 5.91 Å². The summed E-state index contributed by atoms with van der Waals surface area (Å²) < 4.78 is 5.44. The van der Waals surface area contributed by atoms with Gasteiger partial charge in [0.05, 0.1) is 6.61 Å². The Balaban J connectivity index is 2.33. The first kappa shape index (κ1) is 14.4. The summed E-state index contributed by atoms with van der Waals surface area (Å²) in [6, 6.07) is 7.26. The molecule has 1 saturated heterocycles. The number of ether oxygens (including phenoxy) is 1. The highest BCUT2D eigenvalue weighted by molar-refractivity contribution is 6.08. The van der Waals surface area contributed by atoms with Crippen LogP contribution in [0.4, 0.5) is 5.69 Å². The zero-order valence-electron chi connectivity index (χ0n) is 12.1. The highest BCUT2D eigenvalue weighted by atomic mass is 16.5. The third-order valence-corrected chi connectivity index (χ3v) is 3.58. The lowest BCUT2D eigenvalue weighted by Gasteiger charge is -2.39. The first-order valence-corrected chi connectivity index (χ1v) is 6.86. The second-order valence-corrected chi connectivity index (χ2v) is 5.06. The number of benzene rings is 1. The van der Waals surface area contributed by atoms with E-state index in [4.69, 9.17) is 4.74 Å². The molecule has 20 heavy (non-hydrogen) atoms. The van der Waals surface area contributed by atoms with Gasteiger partial charge in [-0.3, -0.25) is 9.59 Å². The van der Waals surface area contributed by atoms with E-state index in [-0.39, 0.29) is 18.4 Å². The molecule has 1 aliphatic heterocycles. The average molecular weight is 276 g/mol. The van der Waals surface area contributed by atoms with Crippen LogP contribution in [0.15, 0.2) is 24.3 Å². The molecule has 1 fully saturated rings. The van der Waals surface area contributed by atoms with Gasteiger partial charge < -0.3 is 15.0 Å². The molecule has 108 valence electrons. The Morgan fingerprint density at radius 3 is 2.75 bits per heavy atom. The molecule has 1 aromatic rings. The summed E-state index contributed by atoms with van der Waals surface area (Å²) >= 11 is 0. The fourth-order valence-corrected chi connectivity index (χ4v) is 2.27. The number of hydrogen-bond donors (Lipinski definition) is 1. The highest BCUT2D eigenvalue weighted by Gasteiger charge is 2.42. The van der Waals surface area contributed by atoms with E-state index < -0.39 is 5.54 Å². The quantitative estimate of drug-likeness (QED) is 0.911. The molecule has 1 aromatic carbocycles. The number of nitrogens with zero attached hydrogens (tertiary/aromatic N) is 1. The van der Waals surface area contributed by atoms with Crippen molar-refractivity contribution in [1.82, 2.24) is 5.32 Å². The first-order chi connectivity index (χ1) is 9.50. The maximum atomic E-state index is 12.6. The molecule has 5 heteroatoms. The Kier molecular flexibility index (Phi) is 3.97. The Labute approximate surface area is 118 Å². The third kappa shape index (κ3) is 2.61. The number of nitrogens with one attached hydrogen (secondary N) is 1. The van der Waals surface area contributed by atoms with Gasteiger partial charge in [-0.1, -0.05) is 13.0 Å². The molecule has 2 rings (SSSR count). The van der Waals surface area contributed by atoms with Crippen LogP contribution in [0.1, 0.15) is 27.2 Å². The van der Waals surface area contributed by atoms with E-state index in [1.54, 1.807) is 13.0 Å². The average Bonchev–Trinajstić information content (AvgIpc) is 2.43. The maximum absolute atomic E-state index is 12.6. The van der Waals surface area contributed by atoms with Crippen molar-refractivity contribution < 1.29 is 14.3 Å². The molecule has 0 bridgehead atoms. The van der Waals surface area contributed by atoms with Crippen molar-refractivity contribution in [1.29, 1.82) is 0 Å². The van der Waals surface area contributed by atoms with Crippen LogP contribution in [-0.4, -0.2) is 30.5 Å². The summed E-state index contributed by atoms with van der Waals surface area (Å²) in [6.45, 7) is 6.15. The number of rotatable bonds is 4. The van der Waals surface area contributed by atoms with Gasteiger partial charge in [0.15, 0.2) is 0 Å². The predicted octanol–water partition coefficient (Wildman–Crippen LogP) is 1.72. The molecule has 1 N–H and O–H groups in total. The molecule has 1 aliphatic rings. The van der Waals surface area contributed by atoms with E-state index in [9.17, 15) is 9.59 Å². The molecule has 0 aliphatic carbocycles. The van der Waals surface area contributed by atoms with Crippen LogP contribution < -0.4 is 15.0 Å². The van der Waals surface area contributed by atoms with E-state index in [0.717, 1.165) is 0 Å². The summed E-state index contributed by atoms with van der Waals surface area (Å²) in [4.78, 5) is 25.9. The van der Waals surface area contributed by atoms with Crippen molar-refractivity contribution >= 4 is 17.5 Å². The topological polar surface area (TPSA) is 58.6 Å². The number of anilines is 1. The molecule has 2 amide bonds. The number of carbonyl (C=O) groups excluding carboxylic acids is 2. The molecule has 0 aromatic heterocycles. The summed E-state index contributed by atoms with van der Waals surface area (Å²) in [5.74, 6) is 0.464. The molecule has 1 atom stereocenters. The number of amides is 2. The molecular weight excluding hydrogens is 256 g/mol. The number of hydrogen-bond acceptors (Lipinski definition) is 3. The van der Waals surface area contributed by atoms with Gasteiger partial charge in [-0.2, -0.15) is 0 Å². The minimum atomic E-state index is -0.836. The molecule has 0 saturated carbocycles. The number of carbonyl (C=O) groups is 2. The van der Waals surface area contributed by atoms with Gasteiger partial charge in [0, 0.05) is 11.8 Å². The zero-order chi connectivity index (χ0) is 14.8. The normalized spacial score (nSPS) is 22.6. The van der Waals surface area contributed by atoms with E-state index in [0.29, 0.717) is 24.5 Å². The molecule has 0 spiro atoms. The first-order valence-electron chi connectivity index (χ1n) is 6.86. The van der Waals surface area contributed by atoms with Gasteiger partial charge >= 0.3 is 0 Å². The lowest BCUT2D eigenvalue weighted by atomic mass is 9.94. The fraction of sp³-hybridized carbons (Fsp3) is 0.467. The van der Waals surface area contributed by atoms with Crippen molar-refractivity contribution in [3.8, 4) is 5.75 Å². The largest absolute Gasteiger partial charge is 0.494 e. The molecule has 0 radical (unpaired) electrons. The Bertz CT molecular complexity index is 530. The molecule has 5 nitrogen and oxygen atoms in total. The van der Waals surface area contributed by atoms with Crippen molar-refractivity contribution in [2.24, 2.45) is 0 Å². The molecule has 1 unspecified atom stereocenters. The van der Waals surface area contributed by atoms with Crippen LogP contribution >= 0.6 is 0 Å². The van der Waals surface area contributed by atoms with Gasteiger partial charge in [-0.05, 0) is 32.4 Å². The van der Waals surface area contributed by atoms with E-state index in [1.165, 1.54) is 4.90 Å². The second-order valence-electron chi connectivity index (χ2n) is 5.06. The van der Waals surface area contributed by atoms with Crippen LogP contribution in [-0.2, 0) is 9.59 Å². The highest BCUT2D eigenvalue weighted by Crippen LogP contribution is 2.26. The second kappa shape index (κ2) is 5.53. The van der Waals surface area contributed by atoms with Crippen molar-refractivity contribution in [3.63, 3.8) is 0 Å². The molecular formula is C15H20N2O3. The Hall–Kier alpha value is -2.04. The third-order valence-electron chi connectivity index (χ3n) is 3.58. The Morgan fingerprint density at radius 1 is 1.35 bits per heavy atom. The van der Waals surface area contributed by atoms with Crippen molar-refractivity contribution in [2.75, 3.05) is 18.1 Å².